The summed E-state index contributed by atoms with van der Waals surface area (Å²) in [5, 5.41) is 0. The molecule has 2 aromatic heterocycles. The van der Waals surface area contributed by atoms with Gasteiger partial charge in [0.05, 0.1) is 18.8 Å². The lowest BCUT2D eigenvalue weighted by atomic mass is 10.1. The second-order valence-electron chi connectivity index (χ2n) is 5.00. The molecule has 1 fully saturated rings. The van der Waals surface area contributed by atoms with Gasteiger partial charge < -0.3 is 15.4 Å². The van der Waals surface area contributed by atoms with Gasteiger partial charge in [0.25, 0.3) is 0 Å². The summed E-state index contributed by atoms with van der Waals surface area (Å²) in [4.78, 5) is 10.4. The third kappa shape index (κ3) is 2.27. The highest BCUT2D eigenvalue weighted by atomic mass is 19.1. The molecule has 0 radical (unpaired) electrons. The van der Waals surface area contributed by atoms with E-state index in [1.165, 1.54) is 6.20 Å². The molecule has 0 bridgehead atoms. The maximum atomic E-state index is 14.2. The van der Waals surface area contributed by atoms with E-state index in [0.29, 0.717) is 22.6 Å². The highest BCUT2D eigenvalue weighted by molar-refractivity contribution is 5.88. The Bertz CT molecular complexity index is 626. The molecule has 0 spiro atoms. The van der Waals surface area contributed by atoms with Gasteiger partial charge in [-0.1, -0.05) is 0 Å². The number of halogens is 1. The summed E-state index contributed by atoms with van der Waals surface area (Å²) in [5.41, 5.74) is 7.61. The third-order valence-electron chi connectivity index (χ3n) is 3.68. The zero-order valence-electron chi connectivity index (χ0n) is 11.3. The molecule has 0 aromatic carbocycles. The zero-order valence-corrected chi connectivity index (χ0v) is 11.3. The van der Waals surface area contributed by atoms with Crippen molar-refractivity contribution in [3.8, 4) is 5.88 Å². The van der Waals surface area contributed by atoms with Crippen LogP contribution in [0.2, 0.25) is 0 Å². The highest BCUT2D eigenvalue weighted by Crippen LogP contribution is 2.30. The first-order chi connectivity index (χ1) is 9.69. The van der Waals surface area contributed by atoms with Crippen molar-refractivity contribution in [3.63, 3.8) is 0 Å². The van der Waals surface area contributed by atoms with Crippen LogP contribution in [0, 0.1) is 5.82 Å². The number of aromatic nitrogens is 2. The number of hydrogen-bond donors (Lipinski definition) is 1. The summed E-state index contributed by atoms with van der Waals surface area (Å²) >= 11 is 0. The predicted octanol–water partition coefficient (Wildman–Crippen LogP) is 1.70. The average Bonchev–Trinajstić information content (AvgIpc) is 2.48. The number of pyridine rings is 2. The summed E-state index contributed by atoms with van der Waals surface area (Å²) in [6.45, 7) is 1.46. The summed E-state index contributed by atoms with van der Waals surface area (Å²) < 4.78 is 19.3. The maximum absolute atomic E-state index is 14.2. The predicted molar refractivity (Wildman–Crippen MR) is 75.5 cm³/mol. The van der Waals surface area contributed by atoms with Crippen molar-refractivity contribution in [2.24, 2.45) is 5.73 Å². The van der Waals surface area contributed by atoms with Crippen LogP contribution in [0.25, 0.3) is 11.0 Å². The van der Waals surface area contributed by atoms with Crippen molar-refractivity contribution in [3.05, 3.63) is 24.1 Å². The second-order valence-corrected chi connectivity index (χ2v) is 5.00. The lowest BCUT2D eigenvalue weighted by molar-refractivity contribution is 0.399. The summed E-state index contributed by atoms with van der Waals surface area (Å²) in [5.74, 6) is 0.105. The van der Waals surface area contributed by atoms with Gasteiger partial charge in [-0.15, -0.1) is 0 Å². The van der Waals surface area contributed by atoms with Crippen LogP contribution in [0.1, 0.15) is 12.8 Å². The Kier molecular flexibility index (Phi) is 3.40. The van der Waals surface area contributed by atoms with Gasteiger partial charge in [0.2, 0.25) is 5.88 Å². The molecule has 1 saturated heterocycles. The van der Waals surface area contributed by atoms with Crippen molar-refractivity contribution in [2.75, 3.05) is 25.1 Å². The number of rotatable bonds is 2. The lowest BCUT2D eigenvalue weighted by Crippen LogP contribution is -2.40. The molecular formula is C14H17FN4O. The van der Waals surface area contributed by atoms with Gasteiger partial charge in [-0.05, 0) is 18.9 Å². The molecule has 2 N–H and O–H groups in total. The van der Waals surface area contributed by atoms with Crippen LogP contribution >= 0.6 is 0 Å². The van der Waals surface area contributed by atoms with Gasteiger partial charge in [-0.2, -0.15) is 0 Å². The topological polar surface area (TPSA) is 64.3 Å². The number of ether oxygens (including phenoxy) is 1. The first kappa shape index (κ1) is 13.1. The Labute approximate surface area is 116 Å². The Hall–Kier alpha value is -1.95. The first-order valence-corrected chi connectivity index (χ1v) is 6.69. The molecule has 1 aliphatic heterocycles. The number of anilines is 1. The molecule has 106 valence electrons. The molecule has 6 heteroatoms. The molecule has 1 aliphatic rings. The zero-order chi connectivity index (χ0) is 14.1. The van der Waals surface area contributed by atoms with Crippen LogP contribution < -0.4 is 15.4 Å². The standard InChI is InChI=1S/C14H17FN4O/c1-20-12-3-2-11-13(18-12)14(10(15)8-17-11)19-6-4-9(16)5-7-19/h2-3,8-9H,4-7,16H2,1H3. The average molecular weight is 276 g/mol. The van der Waals surface area contributed by atoms with E-state index in [4.69, 9.17) is 10.5 Å². The minimum Gasteiger partial charge on any atom is -0.481 e. The van der Waals surface area contributed by atoms with Gasteiger partial charge in [0.15, 0.2) is 5.82 Å². The molecule has 3 rings (SSSR count). The SMILES string of the molecule is COc1ccc2ncc(F)c(N3CCC(N)CC3)c2n1. The molecule has 5 nitrogen and oxygen atoms in total. The minimum absolute atomic E-state index is 0.199. The smallest absolute Gasteiger partial charge is 0.213 e. The fraction of sp³-hybridized carbons (Fsp3) is 0.429. The van der Waals surface area contributed by atoms with Crippen LogP contribution in [0.5, 0.6) is 5.88 Å². The molecule has 0 atom stereocenters. The number of methoxy groups -OCH3 is 1. The van der Waals surface area contributed by atoms with Crippen molar-refractivity contribution >= 4 is 16.7 Å². The first-order valence-electron chi connectivity index (χ1n) is 6.69. The Balaban J connectivity index is 2.09. The van der Waals surface area contributed by atoms with E-state index in [-0.39, 0.29) is 11.9 Å². The Morgan fingerprint density at radius 2 is 2.10 bits per heavy atom. The summed E-state index contributed by atoms with van der Waals surface area (Å²) in [6, 6.07) is 3.72. The maximum Gasteiger partial charge on any atom is 0.213 e. The monoisotopic (exact) mass is 276 g/mol. The molecule has 0 aliphatic carbocycles. The number of nitrogens with two attached hydrogens (primary N) is 1. The van der Waals surface area contributed by atoms with Crippen LogP contribution in [0.4, 0.5) is 10.1 Å². The fourth-order valence-corrected chi connectivity index (χ4v) is 2.55. The molecule has 2 aromatic rings. The summed E-state index contributed by atoms with van der Waals surface area (Å²) in [6.07, 6.45) is 2.96. The van der Waals surface area contributed by atoms with Gasteiger partial charge in [-0.3, -0.25) is 4.98 Å². The molecule has 0 unspecified atom stereocenters. The molecule has 0 amide bonds. The Morgan fingerprint density at radius 3 is 2.80 bits per heavy atom. The fourth-order valence-electron chi connectivity index (χ4n) is 2.55. The Morgan fingerprint density at radius 1 is 1.35 bits per heavy atom. The minimum atomic E-state index is -0.353. The van der Waals surface area contributed by atoms with Crippen molar-refractivity contribution in [2.45, 2.75) is 18.9 Å². The summed E-state index contributed by atoms with van der Waals surface area (Å²) in [7, 11) is 1.54. The highest BCUT2D eigenvalue weighted by Gasteiger charge is 2.22. The molecule has 3 heterocycles. The van der Waals surface area contributed by atoms with Gasteiger partial charge in [0.1, 0.15) is 11.2 Å². The van der Waals surface area contributed by atoms with E-state index in [1.54, 1.807) is 19.2 Å². The number of hydrogen-bond acceptors (Lipinski definition) is 5. The van der Waals surface area contributed by atoms with Gasteiger partial charge in [0, 0.05) is 25.2 Å². The number of nitrogens with zero attached hydrogens (tertiary/aromatic N) is 3. The normalized spacial score (nSPS) is 16.6. The van der Waals surface area contributed by atoms with E-state index < -0.39 is 0 Å². The third-order valence-corrected chi connectivity index (χ3v) is 3.68. The van der Waals surface area contributed by atoms with Crippen molar-refractivity contribution in [1.29, 1.82) is 0 Å². The van der Waals surface area contributed by atoms with Crippen LogP contribution in [-0.4, -0.2) is 36.2 Å². The molecular weight excluding hydrogens is 259 g/mol. The van der Waals surface area contributed by atoms with Gasteiger partial charge >= 0.3 is 0 Å². The van der Waals surface area contributed by atoms with E-state index in [2.05, 4.69) is 9.97 Å². The molecule has 0 saturated carbocycles. The lowest BCUT2D eigenvalue weighted by Gasteiger charge is -2.32. The second kappa shape index (κ2) is 5.20. The number of piperidine rings is 1. The van der Waals surface area contributed by atoms with E-state index in [9.17, 15) is 4.39 Å². The molecule has 20 heavy (non-hydrogen) atoms. The van der Waals surface area contributed by atoms with E-state index in [1.807, 2.05) is 4.90 Å². The van der Waals surface area contributed by atoms with Crippen molar-refractivity contribution < 1.29 is 9.13 Å². The van der Waals surface area contributed by atoms with Crippen LogP contribution in [-0.2, 0) is 0 Å². The van der Waals surface area contributed by atoms with Crippen LogP contribution in [0.15, 0.2) is 18.3 Å². The van der Waals surface area contributed by atoms with E-state index >= 15 is 0 Å². The number of fused-ring (bicyclic) bond motifs is 1. The van der Waals surface area contributed by atoms with Gasteiger partial charge in [-0.25, -0.2) is 9.37 Å². The largest absolute Gasteiger partial charge is 0.481 e. The van der Waals surface area contributed by atoms with Crippen LogP contribution in [0.3, 0.4) is 0 Å². The quantitative estimate of drug-likeness (QED) is 0.904. The van der Waals surface area contributed by atoms with E-state index in [0.717, 1.165) is 25.9 Å². The van der Waals surface area contributed by atoms with Crippen molar-refractivity contribution in [1.82, 2.24) is 9.97 Å².